The van der Waals surface area contributed by atoms with Crippen molar-refractivity contribution in [3.63, 3.8) is 0 Å². The molecule has 0 bridgehead atoms. The molecule has 14 heteroatoms. The second kappa shape index (κ2) is 12.8. The number of hydrogen-bond donors (Lipinski definition) is 0. The number of benzene rings is 4. The summed E-state index contributed by atoms with van der Waals surface area (Å²) in [6.45, 7) is 3.71. The number of nitro benzene ring substituents is 1. The van der Waals surface area contributed by atoms with E-state index >= 15 is 0 Å². The monoisotopic (exact) mass is 672 g/mol. The number of fused-ring (bicyclic) bond motifs is 3. The van der Waals surface area contributed by atoms with E-state index in [1.165, 1.54) is 23.1 Å². The number of β-lactam (4-membered cyclic amide) rings is 1. The fraction of sp³-hybridized carbons (Fsp3) is 0.222. The van der Waals surface area contributed by atoms with Crippen molar-refractivity contribution in [3.05, 3.63) is 132 Å². The summed E-state index contributed by atoms with van der Waals surface area (Å²) in [5, 5.41) is 16.0. The van der Waals surface area contributed by atoms with E-state index in [4.69, 9.17) is 19.4 Å². The van der Waals surface area contributed by atoms with Crippen LogP contribution in [0.4, 0.5) is 11.4 Å². The third-order valence-electron chi connectivity index (χ3n) is 8.90. The van der Waals surface area contributed by atoms with Gasteiger partial charge in [0.25, 0.3) is 5.69 Å². The molecule has 50 heavy (non-hydrogen) atoms. The molecule has 3 heterocycles. The summed E-state index contributed by atoms with van der Waals surface area (Å²) >= 11 is 0. The predicted molar refractivity (Wildman–Crippen MR) is 180 cm³/mol. The molecule has 4 aliphatic rings. The Morgan fingerprint density at radius 3 is 2.58 bits per heavy atom. The Hall–Kier alpha value is -6.53. The maximum absolute atomic E-state index is 13.6. The molecule has 1 fully saturated rings. The van der Waals surface area contributed by atoms with Gasteiger partial charge in [0.15, 0.2) is 16.8 Å². The number of azide groups is 1. The first kappa shape index (κ1) is 32.0. The van der Waals surface area contributed by atoms with Gasteiger partial charge in [0.1, 0.15) is 35.9 Å². The highest BCUT2D eigenvalue weighted by atomic mass is 16.6. The largest absolute Gasteiger partial charge is 0.489 e. The standard InChI is InChI=1S/C36H28N6O8/c1-19(2)33-30-16-26(34(41(30)35(33)44)36(45)49-17-20-3-6-22(7-4-20)39-40-37)25-10-5-21(13-29(25)42(46)47)18-48-24-9-12-28-32(15-24)50-31-14-23(43)8-11-27(31)38-28/h3-15,19,30,33H,16-18H2,1-2H3/t30-,33-/m1/s1. The van der Waals surface area contributed by atoms with Gasteiger partial charge in [-0.15, -0.1) is 0 Å². The number of aromatic nitrogens is 1. The lowest BCUT2D eigenvalue weighted by Crippen LogP contribution is -2.60. The molecule has 0 aromatic heterocycles. The first-order valence-electron chi connectivity index (χ1n) is 15.7. The van der Waals surface area contributed by atoms with E-state index in [0.717, 1.165) is 0 Å². The van der Waals surface area contributed by atoms with Crippen molar-refractivity contribution in [1.82, 2.24) is 9.88 Å². The van der Waals surface area contributed by atoms with Crippen molar-refractivity contribution in [1.29, 1.82) is 0 Å². The second-order valence-electron chi connectivity index (χ2n) is 12.4. The van der Waals surface area contributed by atoms with Crippen LogP contribution in [-0.4, -0.2) is 32.7 Å². The predicted octanol–water partition coefficient (Wildman–Crippen LogP) is 7.06. The number of rotatable bonds is 10. The summed E-state index contributed by atoms with van der Waals surface area (Å²) in [5.74, 6) is -0.562. The summed E-state index contributed by atoms with van der Waals surface area (Å²) < 4.78 is 17.4. The molecule has 3 aromatic rings. The molecule has 3 aromatic carbocycles. The van der Waals surface area contributed by atoms with Crippen molar-refractivity contribution >= 4 is 39.9 Å². The van der Waals surface area contributed by atoms with Crippen LogP contribution in [0.3, 0.4) is 0 Å². The normalized spacial score (nSPS) is 16.7. The topological polar surface area (TPSA) is 191 Å². The zero-order valence-electron chi connectivity index (χ0n) is 26.8. The highest BCUT2D eigenvalue weighted by Crippen LogP contribution is 2.50. The summed E-state index contributed by atoms with van der Waals surface area (Å²) in [7, 11) is 0. The lowest BCUT2D eigenvalue weighted by Gasteiger charge is -2.45. The van der Waals surface area contributed by atoms with Crippen molar-refractivity contribution in [2.24, 2.45) is 17.0 Å². The molecule has 1 amide bonds. The van der Waals surface area contributed by atoms with Gasteiger partial charge in [0, 0.05) is 28.8 Å². The van der Waals surface area contributed by atoms with Crippen LogP contribution in [0.25, 0.3) is 38.6 Å². The minimum absolute atomic E-state index is 0.000141. The number of esters is 1. The van der Waals surface area contributed by atoms with Gasteiger partial charge in [0.05, 0.1) is 22.4 Å². The summed E-state index contributed by atoms with van der Waals surface area (Å²) in [5.41, 5.74) is 11.8. The number of carbonyl (C=O) groups excluding carboxylic acids is 2. The molecule has 7 rings (SSSR count). The molecular weight excluding hydrogens is 644 g/mol. The maximum atomic E-state index is 13.6. The molecule has 1 aliphatic carbocycles. The van der Waals surface area contributed by atoms with E-state index in [9.17, 15) is 24.5 Å². The molecule has 14 nitrogen and oxygen atoms in total. The number of carbonyl (C=O) groups is 2. The van der Waals surface area contributed by atoms with Crippen LogP contribution in [0, 0.1) is 22.0 Å². The van der Waals surface area contributed by atoms with E-state index in [1.807, 2.05) is 13.8 Å². The lowest BCUT2D eigenvalue weighted by molar-refractivity contribution is -0.385. The van der Waals surface area contributed by atoms with Crippen LogP contribution in [0.1, 0.15) is 37.0 Å². The minimum atomic E-state index is -0.769. The molecule has 0 radical (unpaired) electrons. The first-order valence-corrected chi connectivity index (χ1v) is 15.7. The van der Waals surface area contributed by atoms with Crippen molar-refractivity contribution in [3.8, 4) is 17.2 Å². The van der Waals surface area contributed by atoms with Gasteiger partial charge in [-0.1, -0.05) is 49.3 Å². The van der Waals surface area contributed by atoms with E-state index in [-0.39, 0.29) is 65.8 Å². The smallest absolute Gasteiger partial charge is 0.355 e. The Labute approximate surface area is 283 Å². The van der Waals surface area contributed by atoms with Crippen molar-refractivity contribution < 1.29 is 28.4 Å². The van der Waals surface area contributed by atoms with Gasteiger partial charge in [0.2, 0.25) is 5.91 Å². The zero-order valence-corrected chi connectivity index (χ0v) is 26.8. The molecule has 0 N–H and O–H groups in total. The second-order valence-corrected chi connectivity index (χ2v) is 12.4. The molecule has 0 spiro atoms. The molecule has 0 saturated carbocycles. The number of nitrogens with zero attached hydrogens (tertiary/aromatic N) is 6. The van der Waals surface area contributed by atoms with Crippen LogP contribution >= 0.6 is 0 Å². The average molecular weight is 673 g/mol. The number of hydrogen-bond acceptors (Lipinski definition) is 10. The Balaban J connectivity index is 1.16. The Kier molecular flexibility index (Phi) is 8.22. The fourth-order valence-electron chi connectivity index (χ4n) is 6.54. The van der Waals surface area contributed by atoms with Gasteiger partial charge >= 0.3 is 5.97 Å². The summed E-state index contributed by atoms with van der Waals surface area (Å²) in [4.78, 5) is 59.2. The average Bonchev–Trinajstić information content (AvgIpc) is 3.44. The molecule has 2 atom stereocenters. The number of nitro groups is 1. The SMILES string of the molecule is CC(C)[C@H]1C(=O)N2C(C(=O)OCc3ccc(N=[N+]=[N-])cc3)=C(c3ccc(COc4ccc5nc6ccc(=O)cc-6oc5c4)cc3[N+](=O)[O-])C[C@H]12. The Morgan fingerprint density at radius 1 is 1.06 bits per heavy atom. The molecule has 1 saturated heterocycles. The molecule has 0 unspecified atom stereocenters. The Morgan fingerprint density at radius 2 is 1.84 bits per heavy atom. The van der Waals surface area contributed by atoms with Crippen molar-refractivity contribution in [2.45, 2.75) is 39.5 Å². The molecule has 3 aliphatic heterocycles. The summed E-state index contributed by atoms with van der Waals surface area (Å²) in [6, 6.07) is 20.2. The van der Waals surface area contributed by atoms with Gasteiger partial charge in [-0.25, -0.2) is 9.78 Å². The van der Waals surface area contributed by atoms with Crippen LogP contribution < -0.4 is 10.2 Å². The van der Waals surface area contributed by atoms with Gasteiger partial charge < -0.3 is 18.8 Å². The van der Waals surface area contributed by atoms with Crippen LogP contribution in [0.5, 0.6) is 5.75 Å². The fourth-order valence-corrected chi connectivity index (χ4v) is 6.54. The van der Waals surface area contributed by atoms with Gasteiger partial charge in [-0.2, -0.15) is 0 Å². The zero-order chi connectivity index (χ0) is 35.1. The maximum Gasteiger partial charge on any atom is 0.355 e. The highest BCUT2D eigenvalue weighted by Gasteiger charge is 2.56. The van der Waals surface area contributed by atoms with Crippen molar-refractivity contribution in [2.75, 3.05) is 0 Å². The van der Waals surface area contributed by atoms with E-state index in [1.54, 1.807) is 60.7 Å². The molecular formula is C36H28N6O8. The third kappa shape index (κ3) is 5.88. The van der Waals surface area contributed by atoms with E-state index in [2.05, 4.69) is 15.0 Å². The quantitative estimate of drug-likeness (QED) is 0.0218. The van der Waals surface area contributed by atoms with Crippen LogP contribution in [-0.2, 0) is 27.5 Å². The highest BCUT2D eigenvalue weighted by molar-refractivity contribution is 6.07. The number of ether oxygens (including phenoxy) is 2. The lowest BCUT2D eigenvalue weighted by atomic mass is 9.78. The first-order chi connectivity index (χ1) is 24.1. The van der Waals surface area contributed by atoms with E-state index in [0.29, 0.717) is 50.7 Å². The molecule has 250 valence electrons. The third-order valence-corrected chi connectivity index (χ3v) is 8.90. The number of amides is 1. The van der Waals surface area contributed by atoms with Gasteiger partial charge in [-0.05, 0) is 64.9 Å². The Bertz CT molecular complexity index is 2310. The minimum Gasteiger partial charge on any atom is -0.489 e. The van der Waals surface area contributed by atoms with Crippen LogP contribution in [0.15, 0.2) is 98.9 Å². The van der Waals surface area contributed by atoms with Gasteiger partial charge in [-0.3, -0.25) is 19.7 Å². The van der Waals surface area contributed by atoms with Crippen LogP contribution in [0.2, 0.25) is 0 Å². The summed E-state index contributed by atoms with van der Waals surface area (Å²) in [6.07, 6.45) is 0.258. The van der Waals surface area contributed by atoms with E-state index < -0.39 is 10.9 Å².